The average molecular weight is 329 g/mol. The van der Waals surface area contributed by atoms with E-state index >= 15 is 0 Å². The van der Waals surface area contributed by atoms with Gasteiger partial charge < -0.3 is 25.2 Å². The van der Waals surface area contributed by atoms with Gasteiger partial charge >= 0.3 is 0 Å². The van der Waals surface area contributed by atoms with Crippen LogP contribution in [0.3, 0.4) is 0 Å². The molecule has 1 aromatic carbocycles. The lowest BCUT2D eigenvalue weighted by Crippen LogP contribution is -2.35. The van der Waals surface area contributed by atoms with Crippen LogP contribution < -0.4 is 20.1 Å². The standard InChI is InChI=1S/C18H23N3O3/c22-16(11-19-9-14-4-2-1-3-5-14)12-20-10-15-8-17-18(13-21-15)24-7-6-23-17/h1-5,8,13,16,19-20,22H,6-7,9-12H2. The van der Waals surface area contributed by atoms with Crippen LogP contribution >= 0.6 is 0 Å². The molecule has 2 aromatic rings. The van der Waals surface area contributed by atoms with Crippen LogP contribution in [-0.2, 0) is 13.1 Å². The van der Waals surface area contributed by atoms with E-state index in [1.165, 1.54) is 5.56 Å². The van der Waals surface area contributed by atoms with Crippen molar-refractivity contribution in [1.29, 1.82) is 0 Å². The lowest BCUT2D eigenvalue weighted by Gasteiger charge is -2.18. The number of ether oxygens (including phenoxy) is 2. The van der Waals surface area contributed by atoms with Gasteiger partial charge in [0.15, 0.2) is 11.5 Å². The summed E-state index contributed by atoms with van der Waals surface area (Å²) in [6, 6.07) is 12.0. The van der Waals surface area contributed by atoms with Crippen molar-refractivity contribution in [3.05, 3.63) is 53.9 Å². The molecule has 1 atom stereocenters. The maximum absolute atomic E-state index is 10.0. The van der Waals surface area contributed by atoms with E-state index in [4.69, 9.17) is 9.47 Å². The summed E-state index contributed by atoms with van der Waals surface area (Å²) in [6.07, 6.45) is 1.23. The first-order valence-electron chi connectivity index (χ1n) is 8.19. The number of aromatic nitrogens is 1. The van der Waals surface area contributed by atoms with Crippen molar-refractivity contribution >= 4 is 0 Å². The Kier molecular flexibility index (Phi) is 6.01. The van der Waals surface area contributed by atoms with E-state index in [1.807, 2.05) is 24.3 Å². The molecule has 0 radical (unpaired) electrons. The van der Waals surface area contributed by atoms with E-state index in [9.17, 15) is 5.11 Å². The van der Waals surface area contributed by atoms with Gasteiger partial charge in [0, 0.05) is 32.2 Å². The second kappa shape index (κ2) is 8.63. The third kappa shape index (κ3) is 4.92. The number of fused-ring (bicyclic) bond motifs is 1. The van der Waals surface area contributed by atoms with Crippen molar-refractivity contribution in [1.82, 2.24) is 15.6 Å². The summed E-state index contributed by atoms with van der Waals surface area (Å²) in [6.45, 7) is 3.49. The smallest absolute Gasteiger partial charge is 0.179 e. The fourth-order valence-electron chi connectivity index (χ4n) is 2.50. The van der Waals surface area contributed by atoms with Gasteiger partial charge in [-0.15, -0.1) is 0 Å². The maximum Gasteiger partial charge on any atom is 0.179 e. The second-order valence-corrected chi connectivity index (χ2v) is 5.72. The van der Waals surface area contributed by atoms with Crippen LogP contribution in [-0.4, -0.2) is 42.5 Å². The lowest BCUT2D eigenvalue weighted by molar-refractivity contribution is 0.166. The van der Waals surface area contributed by atoms with Gasteiger partial charge in [0.05, 0.1) is 18.0 Å². The number of hydrogen-bond donors (Lipinski definition) is 3. The number of aliphatic hydroxyl groups excluding tert-OH is 1. The fourth-order valence-corrected chi connectivity index (χ4v) is 2.50. The van der Waals surface area contributed by atoms with Crippen molar-refractivity contribution in [2.75, 3.05) is 26.3 Å². The molecule has 0 saturated heterocycles. The molecule has 0 spiro atoms. The summed E-state index contributed by atoms with van der Waals surface area (Å²) in [5, 5.41) is 16.5. The second-order valence-electron chi connectivity index (χ2n) is 5.72. The van der Waals surface area contributed by atoms with Gasteiger partial charge in [-0.3, -0.25) is 4.98 Å². The third-order valence-corrected chi connectivity index (χ3v) is 3.72. The quantitative estimate of drug-likeness (QED) is 0.673. The molecule has 128 valence electrons. The van der Waals surface area contributed by atoms with Gasteiger partial charge in [0.2, 0.25) is 0 Å². The van der Waals surface area contributed by atoms with E-state index in [0.717, 1.165) is 18.0 Å². The molecule has 2 heterocycles. The fraction of sp³-hybridized carbons (Fsp3) is 0.389. The van der Waals surface area contributed by atoms with Crippen molar-refractivity contribution < 1.29 is 14.6 Å². The molecule has 0 fully saturated rings. The highest BCUT2D eigenvalue weighted by atomic mass is 16.6. The molecule has 3 N–H and O–H groups in total. The van der Waals surface area contributed by atoms with E-state index < -0.39 is 6.10 Å². The number of rotatable bonds is 8. The van der Waals surface area contributed by atoms with Crippen LogP contribution in [0, 0.1) is 0 Å². The summed E-state index contributed by atoms with van der Waals surface area (Å²) in [5.74, 6) is 1.42. The average Bonchev–Trinajstić information content (AvgIpc) is 2.62. The van der Waals surface area contributed by atoms with Crippen LogP contribution in [0.15, 0.2) is 42.6 Å². The van der Waals surface area contributed by atoms with E-state index in [0.29, 0.717) is 38.6 Å². The zero-order valence-electron chi connectivity index (χ0n) is 13.6. The first-order valence-corrected chi connectivity index (χ1v) is 8.19. The first kappa shape index (κ1) is 16.7. The zero-order valence-corrected chi connectivity index (χ0v) is 13.6. The summed E-state index contributed by atoms with van der Waals surface area (Å²) in [7, 11) is 0. The summed E-state index contributed by atoms with van der Waals surface area (Å²) in [5.41, 5.74) is 2.07. The van der Waals surface area contributed by atoms with Crippen molar-refractivity contribution in [3.63, 3.8) is 0 Å². The van der Waals surface area contributed by atoms with Gasteiger partial charge in [0.1, 0.15) is 13.2 Å². The number of nitrogens with one attached hydrogen (secondary N) is 2. The summed E-state index contributed by atoms with van der Waals surface area (Å²) < 4.78 is 11.0. The Morgan fingerprint density at radius 1 is 1.00 bits per heavy atom. The van der Waals surface area contributed by atoms with Crippen molar-refractivity contribution in [2.45, 2.75) is 19.2 Å². The van der Waals surface area contributed by atoms with Gasteiger partial charge in [-0.2, -0.15) is 0 Å². The highest BCUT2D eigenvalue weighted by Crippen LogP contribution is 2.29. The Morgan fingerprint density at radius 2 is 1.71 bits per heavy atom. The molecule has 6 heteroatoms. The Labute approximate surface area is 141 Å². The molecule has 3 rings (SSSR count). The van der Waals surface area contributed by atoms with Gasteiger partial charge in [-0.25, -0.2) is 0 Å². The summed E-state index contributed by atoms with van der Waals surface area (Å²) >= 11 is 0. The number of aliphatic hydroxyl groups is 1. The lowest BCUT2D eigenvalue weighted by atomic mass is 10.2. The van der Waals surface area contributed by atoms with Gasteiger partial charge in [-0.1, -0.05) is 30.3 Å². The molecule has 0 amide bonds. The molecule has 0 saturated carbocycles. The molecular formula is C18H23N3O3. The van der Waals surface area contributed by atoms with Crippen LogP contribution in [0.25, 0.3) is 0 Å². The molecule has 0 aliphatic carbocycles. The maximum atomic E-state index is 10.0. The van der Waals surface area contributed by atoms with Crippen LogP contribution in [0.5, 0.6) is 11.5 Å². The van der Waals surface area contributed by atoms with Crippen LogP contribution in [0.1, 0.15) is 11.3 Å². The predicted molar refractivity (Wildman–Crippen MR) is 91.1 cm³/mol. The summed E-state index contributed by atoms with van der Waals surface area (Å²) in [4.78, 5) is 4.33. The van der Waals surface area contributed by atoms with Gasteiger partial charge in [0.25, 0.3) is 0 Å². The third-order valence-electron chi connectivity index (χ3n) is 3.72. The Bertz CT molecular complexity index is 637. The zero-order chi connectivity index (χ0) is 16.6. The van der Waals surface area contributed by atoms with Crippen molar-refractivity contribution in [3.8, 4) is 11.5 Å². The van der Waals surface area contributed by atoms with Gasteiger partial charge in [-0.05, 0) is 5.56 Å². The highest BCUT2D eigenvalue weighted by molar-refractivity contribution is 5.39. The molecule has 0 bridgehead atoms. The molecule has 1 aliphatic heterocycles. The van der Waals surface area contributed by atoms with Crippen molar-refractivity contribution in [2.24, 2.45) is 0 Å². The monoisotopic (exact) mass is 329 g/mol. The predicted octanol–water partition coefficient (Wildman–Crippen LogP) is 1.09. The topological polar surface area (TPSA) is 75.6 Å². The minimum Gasteiger partial charge on any atom is -0.486 e. The Morgan fingerprint density at radius 3 is 2.50 bits per heavy atom. The minimum atomic E-state index is -0.453. The Hall–Kier alpha value is -2.15. The van der Waals surface area contributed by atoms with E-state index in [1.54, 1.807) is 6.20 Å². The molecule has 24 heavy (non-hydrogen) atoms. The minimum absolute atomic E-state index is 0.453. The molecule has 1 aliphatic rings. The van der Waals surface area contributed by atoms with E-state index in [2.05, 4.69) is 27.8 Å². The SMILES string of the molecule is OC(CNCc1ccccc1)CNCc1cc2c(cn1)OCCO2. The molecule has 6 nitrogen and oxygen atoms in total. The Balaban J connectivity index is 1.35. The first-order chi connectivity index (χ1) is 11.8. The molecule has 1 unspecified atom stereocenters. The van der Waals surface area contributed by atoms with Crippen LogP contribution in [0.4, 0.5) is 0 Å². The number of pyridine rings is 1. The largest absolute Gasteiger partial charge is 0.486 e. The molecular weight excluding hydrogens is 306 g/mol. The number of benzene rings is 1. The van der Waals surface area contributed by atoms with E-state index in [-0.39, 0.29) is 0 Å². The highest BCUT2D eigenvalue weighted by Gasteiger charge is 2.12. The number of hydrogen-bond acceptors (Lipinski definition) is 6. The van der Waals surface area contributed by atoms with Crippen LogP contribution in [0.2, 0.25) is 0 Å². The number of nitrogens with zero attached hydrogens (tertiary/aromatic N) is 1. The molecule has 1 aromatic heterocycles. The normalized spacial score (nSPS) is 14.4.